The number of amides is 1. The standard InChI is InChI=1S/C14H17N3O3/c1-8-6-5-7-9-10(8)15-12(18)11(9)16-17-13(19)20-14(2,3)4/h5-7,15,18H,1-4H3. The van der Waals surface area contributed by atoms with Crippen LogP contribution in [0.3, 0.4) is 0 Å². The Balaban J connectivity index is 2.33. The van der Waals surface area contributed by atoms with Crippen molar-refractivity contribution >= 4 is 22.7 Å². The zero-order chi connectivity index (χ0) is 14.9. The Labute approximate surface area is 116 Å². The number of H-pyrrole nitrogens is 1. The predicted octanol–water partition coefficient (Wildman–Crippen LogP) is 4.20. The summed E-state index contributed by atoms with van der Waals surface area (Å²) >= 11 is 0. The molecule has 0 aliphatic rings. The molecular weight excluding hydrogens is 258 g/mol. The fourth-order valence-corrected chi connectivity index (χ4v) is 1.81. The van der Waals surface area contributed by atoms with Gasteiger partial charge in [0, 0.05) is 5.39 Å². The summed E-state index contributed by atoms with van der Waals surface area (Å²) < 4.78 is 5.02. The summed E-state index contributed by atoms with van der Waals surface area (Å²) in [5, 5.41) is 17.8. The topological polar surface area (TPSA) is 87.0 Å². The first-order chi connectivity index (χ1) is 9.28. The Morgan fingerprint density at radius 2 is 2.05 bits per heavy atom. The Kier molecular flexibility index (Phi) is 3.48. The van der Waals surface area contributed by atoms with E-state index in [4.69, 9.17) is 4.74 Å². The molecule has 0 aliphatic heterocycles. The Morgan fingerprint density at radius 3 is 2.70 bits per heavy atom. The van der Waals surface area contributed by atoms with E-state index in [-0.39, 0.29) is 11.6 Å². The molecule has 0 radical (unpaired) electrons. The molecule has 0 bridgehead atoms. The maximum Gasteiger partial charge on any atom is 0.452 e. The summed E-state index contributed by atoms with van der Waals surface area (Å²) in [6, 6.07) is 5.55. The molecule has 1 aromatic heterocycles. The number of carbonyl (C=O) groups is 1. The van der Waals surface area contributed by atoms with Crippen molar-refractivity contribution in [2.45, 2.75) is 33.3 Å². The lowest BCUT2D eigenvalue weighted by atomic mass is 10.1. The number of hydrogen-bond acceptors (Lipinski definition) is 4. The van der Waals surface area contributed by atoms with E-state index in [1.165, 1.54) is 0 Å². The van der Waals surface area contributed by atoms with Crippen molar-refractivity contribution in [1.82, 2.24) is 4.98 Å². The summed E-state index contributed by atoms with van der Waals surface area (Å²) in [6.07, 6.45) is -0.793. The van der Waals surface area contributed by atoms with Crippen molar-refractivity contribution in [3.8, 4) is 5.88 Å². The highest BCUT2D eigenvalue weighted by Crippen LogP contribution is 2.36. The fourth-order valence-electron chi connectivity index (χ4n) is 1.81. The van der Waals surface area contributed by atoms with Crippen molar-refractivity contribution < 1.29 is 14.6 Å². The predicted molar refractivity (Wildman–Crippen MR) is 75.5 cm³/mol. The lowest BCUT2D eigenvalue weighted by Gasteiger charge is -2.16. The van der Waals surface area contributed by atoms with E-state index in [1.807, 2.05) is 19.1 Å². The molecule has 1 amide bonds. The van der Waals surface area contributed by atoms with Crippen LogP contribution in [0.1, 0.15) is 26.3 Å². The molecule has 0 aliphatic carbocycles. The molecule has 0 unspecified atom stereocenters. The smallest absolute Gasteiger partial charge is 0.452 e. The van der Waals surface area contributed by atoms with Crippen LogP contribution in [0, 0.1) is 6.92 Å². The molecule has 6 heteroatoms. The number of aromatic amines is 1. The molecule has 106 valence electrons. The minimum atomic E-state index is -0.793. The number of azo groups is 1. The maximum atomic E-state index is 11.5. The number of ether oxygens (including phenoxy) is 1. The minimum Gasteiger partial charge on any atom is -0.493 e. The lowest BCUT2D eigenvalue weighted by Crippen LogP contribution is -2.21. The van der Waals surface area contributed by atoms with Crippen LogP contribution in [-0.2, 0) is 4.74 Å². The molecule has 1 heterocycles. The number of para-hydroxylation sites is 1. The molecule has 0 spiro atoms. The number of aromatic hydroxyl groups is 1. The van der Waals surface area contributed by atoms with E-state index in [1.54, 1.807) is 26.8 Å². The van der Waals surface area contributed by atoms with Gasteiger partial charge in [-0.25, -0.2) is 4.79 Å². The molecule has 20 heavy (non-hydrogen) atoms. The van der Waals surface area contributed by atoms with Gasteiger partial charge >= 0.3 is 6.09 Å². The van der Waals surface area contributed by atoms with E-state index in [0.717, 1.165) is 11.1 Å². The van der Waals surface area contributed by atoms with Crippen LogP contribution in [0.5, 0.6) is 5.88 Å². The summed E-state index contributed by atoms with van der Waals surface area (Å²) in [5.41, 5.74) is 1.34. The summed E-state index contributed by atoms with van der Waals surface area (Å²) in [6.45, 7) is 7.14. The molecule has 6 nitrogen and oxygen atoms in total. The molecule has 2 aromatic rings. The van der Waals surface area contributed by atoms with Gasteiger partial charge in [0.15, 0.2) is 5.69 Å². The van der Waals surface area contributed by atoms with Gasteiger partial charge in [0.05, 0.1) is 5.52 Å². The second-order valence-electron chi connectivity index (χ2n) is 5.50. The molecular formula is C14H17N3O3. The van der Waals surface area contributed by atoms with E-state index in [9.17, 15) is 9.90 Å². The third kappa shape index (κ3) is 2.96. The molecule has 0 saturated heterocycles. The highest BCUT2D eigenvalue weighted by Gasteiger charge is 2.17. The van der Waals surface area contributed by atoms with E-state index >= 15 is 0 Å². The largest absolute Gasteiger partial charge is 0.493 e. The number of carbonyl (C=O) groups excluding carboxylic acids is 1. The van der Waals surface area contributed by atoms with Crippen molar-refractivity contribution in [2.75, 3.05) is 0 Å². The third-order valence-electron chi connectivity index (χ3n) is 2.62. The average molecular weight is 275 g/mol. The van der Waals surface area contributed by atoms with Gasteiger partial charge in [-0.3, -0.25) is 0 Å². The number of benzene rings is 1. The lowest BCUT2D eigenvalue weighted by molar-refractivity contribution is 0.0592. The SMILES string of the molecule is Cc1cccc2c(N=NC(=O)OC(C)(C)C)c(O)[nH]c12. The second-order valence-corrected chi connectivity index (χ2v) is 5.50. The molecule has 0 saturated carbocycles. The van der Waals surface area contributed by atoms with E-state index in [2.05, 4.69) is 15.2 Å². The first-order valence-corrected chi connectivity index (χ1v) is 6.23. The van der Waals surface area contributed by atoms with Crippen molar-refractivity contribution in [3.63, 3.8) is 0 Å². The van der Waals surface area contributed by atoms with Crippen molar-refractivity contribution in [3.05, 3.63) is 23.8 Å². The summed E-state index contributed by atoms with van der Waals surface area (Å²) in [7, 11) is 0. The van der Waals surface area contributed by atoms with Gasteiger partial charge in [0.2, 0.25) is 5.88 Å². The highest BCUT2D eigenvalue weighted by atomic mass is 16.6. The van der Waals surface area contributed by atoms with Gasteiger partial charge in [-0.15, -0.1) is 5.11 Å². The van der Waals surface area contributed by atoms with E-state index < -0.39 is 11.7 Å². The minimum absolute atomic E-state index is 0.124. The third-order valence-corrected chi connectivity index (χ3v) is 2.62. The molecule has 2 N–H and O–H groups in total. The Bertz CT molecular complexity index is 681. The van der Waals surface area contributed by atoms with Crippen LogP contribution >= 0.6 is 0 Å². The number of fused-ring (bicyclic) bond motifs is 1. The fraction of sp³-hybridized carbons (Fsp3) is 0.357. The van der Waals surface area contributed by atoms with Gasteiger partial charge in [-0.05, 0) is 33.3 Å². The quantitative estimate of drug-likeness (QED) is 0.764. The highest BCUT2D eigenvalue weighted by molar-refractivity contribution is 5.96. The van der Waals surface area contributed by atoms with Gasteiger partial charge in [-0.2, -0.15) is 0 Å². The van der Waals surface area contributed by atoms with Gasteiger partial charge in [0.25, 0.3) is 0 Å². The van der Waals surface area contributed by atoms with Gasteiger partial charge in [0.1, 0.15) is 5.60 Å². The first-order valence-electron chi connectivity index (χ1n) is 6.23. The zero-order valence-electron chi connectivity index (χ0n) is 11.9. The zero-order valence-corrected chi connectivity index (χ0v) is 11.9. The molecule has 1 aromatic carbocycles. The molecule has 0 atom stereocenters. The average Bonchev–Trinajstić information content (AvgIpc) is 2.62. The van der Waals surface area contributed by atoms with Crippen LogP contribution in [0.2, 0.25) is 0 Å². The van der Waals surface area contributed by atoms with Crippen LogP contribution in [0.25, 0.3) is 10.9 Å². The number of rotatable bonds is 1. The Morgan fingerprint density at radius 1 is 1.35 bits per heavy atom. The summed E-state index contributed by atoms with van der Waals surface area (Å²) in [4.78, 5) is 14.3. The number of aromatic nitrogens is 1. The number of hydrogen-bond donors (Lipinski definition) is 2. The number of aryl methyl sites for hydroxylation is 1. The Hall–Kier alpha value is -2.37. The maximum absolute atomic E-state index is 11.5. The van der Waals surface area contributed by atoms with Crippen LogP contribution in [0.15, 0.2) is 28.4 Å². The summed E-state index contributed by atoms with van der Waals surface area (Å²) in [5.74, 6) is -0.124. The van der Waals surface area contributed by atoms with Crippen molar-refractivity contribution in [2.24, 2.45) is 10.2 Å². The molecule has 0 fully saturated rings. The monoisotopic (exact) mass is 275 g/mol. The second kappa shape index (κ2) is 4.96. The van der Waals surface area contributed by atoms with Crippen LogP contribution in [0.4, 0.5) is 10.5 Å². The molecule has 2 rings (SSSR count). The van der Waals surface area contributed by atoms with Crippen LogP contribution < -0.4 is 0 Å². The number of nitrogens with one attached hydrogen (secondary N) is 1. The van der Waals surface area contributed by atoms with E-state index in [0.29, 0.717) is 5.39 Å². The van der Waals surface area contributed by atoms with Gasteiger partial charge < -0.3 is 14.8 Å². The van der Waals surface area contributed by atoms with Gasteiger partial charge in [-0.1, -0.05) is 23.3 Å². The normalized spacial score (nSPS) is 12.2. The van der Waals surface area contributed by atoms with Crippen molar-refractivity contribution in [1.29, 1.82) is 0 Å². The van der Waals surface area contributed by atoms with Crippen LogP contribution in [-0.4, -0.2) is 21.8 Å². The number of nitrogens with zero attached hydrogens (tertiary/aromatic N) is 2. The first kappa shape index (κ1) is 14.0.